The maximum absolute atomic E-state index is 13.1. The molecule has 7 nitrogen and oxygen atoms in total. The summed E-state index contributed by atoms with van der Waals surface area (Å²) in [4.78, 5) is 13.1. The highest BCUT2D eigenvalue weighted by Crippen LogP contribution is 2.30. The molecule has 0 fully saturated rings. The quantitative estimate of drug-likeness (QED) is 0.442. The summed E-state index contributed by atoms with van der Waals surface area (Å²) >= 11 is 12.2. The van der Waals surface area contributed by atoms with Gasteiger partial charge in [-0.15, -0.1) is 0 Å². The van der Waals surface area contributed by atoms with Gasteiger partial charge in [0.05, 0.1) is 29.8 Å². The van der Waals surface area contributed by atoms with Crippen LogP contribution in [0.1, 0.15) is 5.56 Å². The Morgan fingerprint density at radius 3 is 2.30 bits per heavy atom. The van der Waals surface area contributed by atoms with Crippen molar-refractivity contribution in [1.82, 2.24) is 4.72 Å². The molecule has 0 aliphatic rings. The molecular weight excluding hydrogens is 487 g/mol. The van der Waals surface area contributed by atoms with E-state index in [9.17, 15) is 13.2 Å². The number of halogens is 2. The van der Waals surface area contributed by atoms with E-state index in [1.165, 1.54) is 38.5 Å². The van der Waals surface area contributed by atoms with E-state index in [1.807, 2.05) is 6.07 Å². The van der Waals surface area contributed by atoms with E-state index >= 15 is 0 Å². The predicted molar refractivity (Wildman–Crippen MR) is 129 cm³/mol. The highest BCUT2D eigenvalue weighted by atomic mass is 35.5. The zero-order chi connectivity index (χ0) is 24.0. The van der Waals surface area contributed by atoms with Gasteiger partial charge in [-0.3, -0.25) is 4.79 Å². The van der Waals surface area contributed by atoms with Crippen LogP contribution in [0, 0.1) is 0 Å². The molecule has 33 heavy (non-hydrogen) atoms. The molecule has 3 rings (SSSR count). The van der Waals surface area contributed by atoms with E-state index in [0.29, 0.717) is 10.8 Å². The number of amides is 1. The molecule has 174 valence electrons. The van der Waals surface area contributed by atoms with Crippen molar-refractivity contribution in [2.24, 2.45) is 0 Å². The van der Waals surface area contributed by atoms with Crippen molar-refractivity contribution in [3.05, 3.63) is 82.3 Å². The molecule has 1 unspecified atom stereocenters. The van der Waals surface area contributed by atoms with Crippen molar-refractivity contribution in [3.8, 4) is 11.5 Å². The van der Waals surface area contributed by atoms with Crippen LogP contribution in [-0.2, 0) is 21.2 Å². The first-order valence-electron chi connectivity index (χ1n) is 9.77. The van der Waals surface area contributed by atoms with E-state index in [4.69, 9.17) is 32.7 Å². The second-order valence-electron chi connectivity index (χ2n) is 6.99. The molecule has 0 aromatic heterocycles. The Morgan fingerprint density at radius 1 is 0.939 bits per heavy atom. The molecule has 3 aromatic carbocycles. The van der Waals surface area contributed by atoms with Gasteiger partial charge in [0.25, 0.3) is 0 Å². The van der Waals surface area contributed by atoms with Crippen LogP contribution in [0.5, 0.6) is 11.5 Å². The molecule has 1 atom stereocenters. The number of ether oxygens (including phenoxy) is 2. The highest BCUT2D eigenvalue weighted by molar-refractivity contribution is 7.89. The molecule has 2 N–H and O–H groups in total. The smallest absolute Gasteiger partial charge is 0.242 e. The fraction of sp³-hybridized carbons (Fsp3) is 0.174. The van der Waals surface area contributed by atoms with E-state index < -0.39 is 22.0 Å². The maximum Gasteiger partial charge on any atom is 0.242 e. The molecule has 0 bridgehead atoms. The van der Waals surface area contributed by atoms with Crippen molar-refractivity contribution < 1.29 is 22.7 Å². The molecular formula is C23H22Cl2N2O5S. The SMILES string of the molecule is COc1ccc(S(=O)(=O)NC(Cc2ccccc2)C(=O)Nc2cc(Cl)ccc2Cl)cc1OC. The lowest BCUT2D eigenvalue weighted by atomic mass is 10.1. The van der Waals surface area contributed by atoms with Gasteiger partial charge in [0.15, 0.2) is 11.5 Å². The Balaban J connectivity index is 1.92. The fourth-order valence-corrected chi connectivity index (χ4v) is 4.64. The number of carbonyl (C=O) groups excluding carboxylic acids is 1. The van der Waals surface area contributed by atoms with E-state index in [1.54, 1.807) is 36.4 Å². The molecule has 0 radical (unpaired) electrons. The predicted octanol–water partition coefficient (Wildman–Crippen LogP) is 4.54. The van der Waals surface area contributed by atoms with Gasteiger partial charge in [-0.05, 0) is 42.3 Å². The third kappa shape index (κ3) is 6.39. The van der Waals surface area contributed by atoms with Gasteiger partial charge in [-0.2, -0.15) is 4.72 Å². The largest absolute Gasteiger partial charge is 0.493 e. The van der Waals surface area contributed by atoms with Crippen LogP contribution in [-0.4, -0.2) is 34.6 Å². The molecule has 0 aliphatic heterocycles. The zero-order valence-corrected chi connectivity index (χ0v) is 20.2. The first-order valence-corrected chi connectivity index (χ1v) is 12.0. The molecule has 0 heterocycles. The van der Waals surface area contributed by atoms with Gasteiger partial charge in [0.1, 0.15) is 6.04 Å². The summed E-state index contributed by atoms with van der Waals surface area (Å²) in [6, 6.07) is 16.7. The average molecular weight is 509 g/mol. The van der Waals surface area contributed by atoms with Crippen LogP contribution >= 0.6 is 23.2 Å². The summed E-state index contributed by atoms with van der Waals surface area (Å²) < 4.78 is 39.1. The number of benzene rings is 3. The fourth-order valence-electron chi connectivity index (χ4n) is 3.09. The monoisotopic (exact) mass is 508 g/mol. The molecule has 0 saturated carbocycles. The van der Waals surface area contributed by atoms with E-state index in [2.05, 4.69) is 10.0 Å². The van der Waals surface area contributed by atoms with Crippen LogP contribution < -0.4 is 19.5 Å². The second kappa shape index (κ2) is 10.9. The topological polar surface area (TPSA) is 93.7 Å². The van der Waals surface area contributed by atoms with E-state index in [0.717, 1.165) is 5.56 Å². The summed E-state index contributed by atoms with van der Waals surface area (Å²) in [5, 5.41) is 3.31. The van der Waals surface area contributed by atoms with Crippen LogP contribution in [0.2, 0.25) is 10.0 Å². The average Bonchev–Trinajstić information content (AvgIpc) is 2.81. The Kier molecular flexibility index (Phi) is 8.20. The highest BCUT2D eigenvalue weighted by Gasteiger charge is 2.27. The number of sulfonamides is 1. The number of hydrogen-bond donors (Lipinski definition) is 2. The van der Waals surface area contributed by atoms with Gasteiger partial charge in [0, 0.05) is 11.1 Å². The third-order valence-electron chi connectivity index (χ3n) is 4.75. The lowest BCUT2D eigenvalue weighted by Crippen LogP contribution is -2.45. The number of methoxy groups -OCH3 is 2. The lowest BCUT2D eigenvalue weighted by Gasteiger charge is -2.20. The summed E-state index contributed by atoms with van der Waals surface area (Å²) in [6.45, 7) is 0. The molecule has 1 amide bonds. The van der Waals surface area contributed by atoms with E-state index in [-0.39, 0.29) is 27.8 Å². The van der Waals surface area contributed by atoms with Gasteiger partial charge < -0.3 is 14.8 Å². The number of rotatable bonds is 9. The molecule has 3 aromatic rings. The first kappa shape index (κ1) is 24.9. The van der Waals surface area contributed by atoms with Crippen molar-refractivity contribution in [3.63, 3.8) is 0 Å². The van der Waals surface area contributed by atoms with Gasteiger partial charge in [-0.1, -0.05) is 53.5 Å². The summed E-state index contributed by atoms with van der Waals surface area (Å²) in [7, 11) is -1.24. The molecule has 0 aliphatic carbocycles. The van der Waals surface area contributed by atoms with Crippen molar-refractivity contribution in [1.29, 1.82) is 0 Å². The first-order chi connectivity index (χ1) is 15.7. The summed E-state index contributed by atoms with van der Waals surface area (Å²) in [5.41, 5.74) is 1.04. The second-order valence-corrected chi connectivity index (χ2v) is 9.55. The van der Waals surface area contributed by atoms with Crippen molar-refractivity contribution in [2.75, 3.05) is 19.5 Å². The summed E-state index contributed by atoms with van der Waals surface area (Å²) in [5.74, 6) is 0.0350. The number of carbonyl (C=O) groups is 1. The summed E-state index contributed by atoms with van der Waals surface area (Å²) in [6.07, 6.45) is 0.109. The van der Waals surface area contributed by atoms with Gasteiger partial charge in [-0.25, -0.2) is 8.42 Å². The number of anilines is 1. The molecule has 0 spiro atoms. The standard InChI is InChI=1S/C23H22Cl2N2O5S/c1-31-21-11-9-17(14-22(21)32-2)33(29,30)27-20(12-15-6-4-3-5-7-15)23(28)26-19-13-16(24)8-10-18(19)25/h3-11,13-14,20,27H,12H2,1-2H3,(H,26,28). The minimum Gasteiger partial charge on any atom is -0.493 e. The molecule has 10 heteroatoms. The number of hydrogen-bond acceptors (Lipinski definition) is 5. The van der Waals surface area contributed by atoms with Crippen molar-refractivity contribution >= 4 is 44.8 Å². The lowest BCUT2D eigenvalue weighted by molar-refractivity contribution is -0.117. The Bertz CT molecular complexity index is 1240. The Morgan fingerprint density at radius 2 is 1.64 bits per heavy atom. The third-order valence-corrected chi connectivity index (χ3v) is 6.78. The Hall–Kier alpha value is -2.78. The Labute approximate surface area is 202 Å². The van der Waals surface area contributed by atoms with Crippen LogP contribution in [0.3, 0.4) is 0 Å². The zero-order valence-electron chi connectivity index (χ0n) is 17.8. The number of nitrogens with one attached hydrogen (secondary N) is 2. The minimum absolute atomic E-state index is 0.0770. The van der Waals surface area contributed by atoms with Crippen molar-refractivity contribution in [2.45, 2.75) is 17.4 Å². The van der Waals surface area contributed by atoms with Crippen LogP contribution in [0.25, 0.3) is 0 Å². The van der Waals surface area contributed by atoms with Crippen LogP contribution in [0.4, 0.5) is 5.69 Å². The normalized spacial score (nSPS) is 12.1. The maximum atomic E-state index is 13.1. The van der Waals surface area contributed by atoms with Crippen LogP contribution in [0.15, 0.2) is 71.6 Å². The molecule has 0 saturated heterocycles. The van der Waals surface area contributed by atoms with Gasteiger partial charge >= 0.3 is 0 Å². The minimum atomic E-state index is -4.10. The van der Waals surface area contributed by atoms with Gasteiger partial charge in [0.2, 0.25) is 15.9 Å².